The molecule has 1 amide bonds. The van der Waals surface area contributed by atoms with Crippen molar-refractivity contribution < 1.29 is 9.72 Å². The Kier molecular flexibility index (Phi) is 6.48. The van der Waals surface area contributed by atoms with E-state index in [1.54, 1.807) is 18.6 Å². The van der Waals surface area contributed by atoms with Gasteiger partial charge in [0, 0.05) is 67.4 Å². The van der Waals surface area contributed by atoms with Gasteiger partial charge < -0.3 is 19.8 Å². The molecule has 4 heterocycles. The fourth-order valence-corrected chi connectivity index (χ4v) is 4.60. The van der Waals surface area contributed by atoms with Gasteiger partial charge in [0.1, 0.15) is 0 Å². The quantitative estimate of drug-likeness (QED) is 0.296. The molecule has 184 valence electrons. The van der Waals surface area contributed by atoms with Gasteiger partial charge in [-0.2, -0.15) is 0 Å². The lowest BCUT2D eigenvalue weighted by atomic mass is 10.0. The van der Waals surface area contributed by atoms with Gasteiger partial charge in [0.2, 0.25) is 5.82 Å². The summed E-state index contributed by atoms with van der Waals surface area (Å²) in [6.07, 6.45) is 12.8. The fraction of sp³-hybridized carbons (Fsp3) is 0.269. The predicted molar refractivity (Wildman–Crippen MR) is 136 cm³/mol. The number of nitrogen functional groups attached to an aromatic ring is 1. The van der Waals surface area contributed by atoms with Crippen LogP contribution in [0.25, 0.3) is 16.8 Å². The molecule has 1 saturated heterocycles. The summed E-state index contributed by atoms with van der Waals surface area (Å²) >= 11 is 0. The lowest BCUT2D eigenvalue weighted by Crippen LogP contribution is -2.27. The number of rotatable bonds is 8. The highest BCUT2D eigenvalue weighted by molar-refractivity contribution is 6.01. The summed E-state index contributed by atoms with van der Waals surface area (Å²) in [5.41, 5.74) is 9.82. The number of benzene rings is 1. The number of nitrogens with zero attached hydrogens (tertiary/aromatic N) is 6. The number of pyridine rings is 1. The lowest BCUT2D eigenvalue weighted by molar-refractivity contribution is -0.384. The Bertz CT molecular complexity index is 1370. The summed E-state index contributed by atoms with van der Waals surface area (Å²) in [6, 6.07) is 11.1. The normalized spacial score (nSPS) is 13.3. The molecular formula is C26H27N7O3. The Hall–Kier alpha value is -4.47. The van der Waals surface area contributed by atoms with Crippen molar-refractivity contribution in [2.24, 2.45) is 0 Å². The molecule has 1 aliphatic rings. The van der Waals surface area contributed by atoms with E-state index in [9.17, 15) is 14.9 Å². The van der Waals surface area contributed by atoms with Crippen molar-refractivity contribution in [3.05, 3.63) is 88.9 Å². The number of aryl methyl sites for hydroxylation is 2. The first-order valence-corrected chi connectivity index (χ1v) is 12.0. The Morgan fingerprint density at radius 3 is 2.53 bits per heavy atom. The number of imidazole rings is 1. The third-order valence-electron chi connectivity index (χ3n) is 6.49. The molecule has 0 aliphatic carbocycles. The minimum atomic E-state index is -0.533. The third-order valence-corrected chi connectivity index (χ3v) is 6.49. The third kappa shape index (κ3) is 4.83. The summed E-state index contributed by atoms with van der Waals surface area (Å²) < 4.78 is 3.97. The van der Waals surface area contributed by atoms with Crippen LogP contribution >= 0.6 is 0 Å². The van der Waals surface area contributed by atoms with E-state index in [0.717, 1.165) is 49.2 Å². The van der Waals surface area contributed by atoms with Crippen LogP contribution in [0.2, 0.25) is 0 Å². The predicted octanol–water partition coefficient (Wildman–Crippen LogP) is 4.10. The number of anilines is 1. The van der Waals surface area contributed by atoms with Crippen molar-refractivity contribution in [3.8, 4) is 16.8 Å². The van der Waals surface area contributed by atoms with Gasteiger partial charge in [0.25, 0.3) is 5.91 Å². The van der Waals surface area contributed by atoms with Crippen LogP contribution in [0.15, 0.2) is 67.5 Å². The van der Waals surface area contributed by atoms with Crippen molar-refractivity contribution in [2.45, 2.75) is 32.2 Å². The molecule has 3 aromatic heterocycles. The summed E-state index contributed by atoms with van der Waals surface area (Å²) in [5, 5.41) is 11.0. The van der Waals surface area contributed by atoms with Gasteiger partial charge >= 0.3 is 5.69 Å². The van der Waals surface area contributed by atoms with Crippen LogP contribution in [0.3, 0.4) is 0 Å². The number of amides is 1. The SMILES string of the molecule is Nc1nc(CCCn2cc(C(=O)N3CCCC3)c(-c3ccc(-n4ccnc4)cc3)c2)ccc1[N+](=O)[O-]. The molecule has 0 radical (unpaired) electrons. The monoisotopic (exact) mass is 485 g/mol. The smallest absolute Gasteiger partial charge is 0.311 e. The average Bonchev–Trinajstić information content (AvgIpc) is 3.66. The molecule has 1 fully saturated rings. The molecule has 0 atom stereocenters. The molecule has 10 heteroatoms. The largest absolute Gasteiger partial charge is 0.378 e. The number of nitro groups is 1. The van der Waals surface area contributed by atoms with E-state index in [-0.39, 0.29) is 17.4 Å². The standard InChI is InChI=1S/C26H27N7O3/c27-25-24(33(35)36)10-7-20(29-25)4-3-12-30-16-22(23(17-30)26(34)31-13-1-2-14-31)19-5-8-21(9-6-19)32-15-11-28-18-32/h5-11,15-18H,1-4,12-14H2,(H2,27,29). The van der Waals surface area contributed by atoms with E-state index >= 15 is 0 Å². The first-order valence-electron chi connectivity index (χ1n) is 12.0. The van der Waals surface area contributed by atoms with E-state index < -0.39 is 4.92 Å². The second-order valence-electron chi connectivity index (χ2n) is 8.91. The summed E-state index contributed by atoms with van der Waals surface area (Å²) in [6.45, 7) is 2.25. The highest BCUT2D eigenvalue weighted by Gasteiger charge is 2.24. The topological polar surface area (TPSA) is 125 Å². The van der Waals surface area contributed by atoms with Crippen molar-refractivity contribution in [1.82, 2.24) is 24.0 Å². The molecule has 0 saturated carbocycles. The molecular weight excluding hydrogens is 458 g/mol. The van der Waals surface area contributed by atoms with Crippen molar-refractivity contribution in [1.29, 1.82) is 0 Å². The first kappa shape index (κ1) is 23.3. The zero-order valence-corrected chi connectivity index (χ0v) is 19.8. The van der Waals surface area contributed by atoms with Gasteiger partial charge in [-0.15, -0.1) is 0 Å². The van der Waals surface area contributed by atoms with E-state index in [1.165, 1.54) is 6.07 Å². The molecule has 0 bridgehead atoms. The number of aromatic nitrogens is 4. The molecule has 4 aromatic rings. The van der Waals surface area contributed by atoms with E-state index in [4.69, 9.17) is 5.73 Å². The fourth-order valence-electron chi connectivity index (χ4n) is 4.60. The van der Waals surface area contributed by atoms with Crippen LogP contribution in [-0.2, 0) is 13.0 Å². The van der Waals surface area contributed by atoms with Gasteiger partial charge in [0.15, 0.2) is 0 Å². The zero-order chi connectivity index (χ0) is 25.1. The molecule has 5 rings (SSSR count). The maximum atomic E-state index is 13.3. The second kappa shape index (κ2) is 10.0. The lowest BCUT2D eigenvalue weighted by Gasteiger charge is -2.15. The molecule has 1 aliphatic heterocycles. The van der Waals surface area contributed by atoms with Crippen LogP contribution in [0.4, 0.5) is 11.5 Å². The van der Waals surface area contributed by atoms with Crippen LogP contribution in [-0.4, -0.2) is 47.9 Å². The first-order chi connectivity index (χ1) is 17.5. The highest BCUT2D eigenvalue weighted by Crippen LogP contribution is 2.29. The Labute approximate surface area is 208 Å². The summed E-state index contributed by atoms with van der Waals surface area (Å²) in [7, 11) is 0. The van der Waals surface area contributed by atoms with Crippen molar-refractivity contribution in [3.63, 3.8) is 0 Å². The minimum Gasteiger partial charge on any atom is -0.378 e. The van der Waals surface area contributed by atoms with Crippen LogP contribution in [0.1, 0.15) is 35.3 Å². The second-order valence-corrected chi connectivity index (χ2v) is 8.91. The van der Waals surface area contributed by atoms with Gasteiger partial charge in [-0.1, -0.05) is 12.1 Å². The molecule has 0 spiro atoms. The van der Waals surface area contributed by atoms with Gasteiger partial charge in [-0.05, 0) is 49.4 Å². The summed E-state index contributed by atoms with van der Waals surface area (Å²) in [4.78, 5) is 34.0. The van der Waals surface area contributed by atoms with Gasteiger partial charge in [-0.25, -0.2) is 9.97 Å². The molecule has 10 nitrogen and oxygen atoms in total. The maximum Gasteiger partial charge on any atom is 0.311 e. The van der Waals surface area contributed by atoms with E-state index in [2.05, 4.69) is 9.97 Å². The van der Waals surface area contributed by atoms with Gasteiger partial charge in [0.05, 0.1) is 16.8 Å². The Morgan fingerprint density at radius 1 is 1.08 bits per heavy atom. The molecule has 1 aromatic carbocycles. The molecule has 2 N–H and O–H groups in total. The molecule has 0 unspecified atom stereocenters. The average molecular weight is 486 g/mol. The number of nitrogens with two attached hydrogens (primary N) is 1. The number of carbonyl (C=O) groups excluding carboxylic acids is 1. The van der Waals surface area contributed by atoms with E-state index in [1.807, 2.05) is 56.9 Å². The van der Waals surface area contributed by atoms with E-state index in [0.29, 0.717) is 24.2 Å². The minimum absolute atomic E-state index is 0.0599. The highest BCUT2D eigenvalue weighted by atomic mass is 16.6. The number of likely N-dealkylation sites (tertiary alicyclic amines) is 1. The number of carbonyl (C=O) groups is 1. The Balaban J connectivity index is 1.36. The maximum absolute atomic E-state index is 13.3. The van der Waals surface area contributed by atoms with Crippen LogP contribution in [0, 0.1) is 10.1 Å². The van der Waals surface area contributed by atoms with Crippen LogP contribution < -0.4 is 5.73 Å². The van der Waals surface area contributed by atoms with Gasteiger partial charge in [-0.3, -0.25) is 14.9 Å². The molecule has 36 heavy (non-hydrogen) atoms. The Morgan fingerprint density at radius 2 is 1.86 bits per heavy atom. The van der Waals surface area contributed by atoms with Crippen molar-refractivity contribution in [2.75, 3.05) is 18.8 Å². The summed E-state index contributed by atoms with van der Waals surface area (Å²) in [5.74, 6) is -0.0110. The van der Waals surface area contributed by atoms with Crippen molar-refractivity contribution >= 4 is 17.4 Å². The number of hydrogen-bond acceptors (Lipinski definition) is 6. The van der Waals surface area contributed by atoms with Crippen LogP contribution in [0.5, 0.6) is 0 Å². The number of hydrogen-bond donors (Lipinski definition) is 1. The zero-order valence-electron chi connectivity index (χ0n) is 19.8.